The Labute approximate surface area is 108 Å². The average Bonchev–Trinajstić information content (AvgIpc) is 2.29. The molecule has 0 aliphatic carbocycles. The first kappa shape index (κ1) is 14.0. The zero-order valence-corrected chi connectivity index (χ0v) is 11.3. The van der Waals surface area contributed by atoms with Gasteiger partial charge in [-0.3, -0.25) is 0 Å². The summed E-state index contributed by atoms with van der Waals surface area (Å²) < 4.78 is 5.41. The summed E-state index contributed by atoms with van der Waals surface area (Å²) in [6, 6.07) is 2.33. The Balaban J connectivity index is 2.59. The van der Waals surface area contributed by atoms with Crippen LogP contribution in [0.5, 0.6) is 5.88 Å². The highest BCUT2D eigenvalue weighted by atomic mass is 35.5. The Hall–Kier alpha value is -1.06. The van der Waals surface area contributed by atoms with Gasteiger partial charge >= 0.3 is 0 Å². The first-order valence-corrected chi connectivity index (χ1v) is 6.13. The third-order valence-electron chi connectivity index (χ3n) is 2.13. The van der Waals surface area contributed by atoms with E-state index in [4.69, 9.17) is 16.3 Å². The minimum absolute atomic E-state index is 0.444. The van der Waals surface area contributed by atoms with E-state index in [1.54, 1.807) is 6.20 Å². The van der Waals surface area contributed by atoms with Gasteiger partial charge < -0.3 is 10.1 Å². The van der Waals surface area contributed by atoms with Crippen molar-refractivity contribution >= 4 is 11.6 Å². The van der Waals surface area contributed by atoms with E-state index in [9.17, 15) is 0 Å². The average molecular weight is 255 g/mol. The fourth-order valence-electron chi connectivity index (χ4n) is 1.21. The summed E-state index contributed by atoms with van der Waals surface area (Å²) in [6.07, 6.45) is 5.62. The highest BCUT2D eigenvalue weighted by Gasteiger charge is 2.04. The Morgan fingerprint density at radius 2 is 2.29 bits per heavy atom. The number of pyridine rings is 1. The minimum atomic E-state index is 0.444. The van der Waals surface area contributed by atoms with Crippen molar-refractivity contribution in [2.75, 3.05) is 6.61 Å². The monoisotopic (exact) mass is 254 g/mol. The van der Waals surface area contributed by atoms with Crippen LogP contribution in [0.2, 0.25) is 5.02 Å². The van der Waals surface area contributed by atoms with Gasteiger partial charge in [0.2, 0.25) is 5.88 Å². The molecule has 0 spiro atoms. The maximum atomic E-state index is 6.08. The lowest BCUT2D eigenvalue weighted by Gasteiger charge is -2.09. The van der Waals surface area contributed by atoms with Crippen LogP contribution < -0.4 is 10.1 Å². The van der Waals surface area contributed by atoms with Crippen LogP contribution in [0, 0.1) is 0 Å². The normalized spacial score (nSPS) is 11.4. The van der Waals surface area contributed by atoms with Crippen molar-refractivity contribution in [3.8, 4) is 5.88 Å². The van der Waals surface area contributed by atoms with Gasteiger partial charge in [-0.25, -0.2) is 4.98 Å². The molecule has 17 heavy (non-hydrogen) atoms. The molecule has 0 atom stereocenters. The third kappa shape index (κ3) is 5.20. The Morgan fingerprint density at radius 3 is 2.88 bits per heavy atom. The van der Waals surface area contributed by atoms with E-state index in [0.29, 0.717) is 23.6 Å². The van der Waals surface area contributed by atoms with Gasteiger partial charge in [0, 0.05) is 18.8 Å². The van der Waals surface area contributed by atoms with Crippen molar-refractivity contribution in [1.29, 1.82) is 0 Å². The number of hydrogen-bond acceptors (Lipinski definition) is 3. The summed E-state index contributed by atoms with van der Waals surface area (Å²) in [5, 5.41) is 3.86. The lowest BCUT2D eigenvalue weighted by atomic mass is 10.2. The topological polar surface area (TPSA) is 34.1 Å². The van der Waals surface area contributed by atoms with Crippen molar-refractivity contribution in [2.24, 2.45) is 0 Å². The van der Waals surface area contributed by atoms with Gasteiger partial charge in [-0.1, -0.05) is 37.6 Å². The second-order valence-electron chi connectivity index (χ2n) is 4.05. The molecule has 0 aliphatic heterocycles. The van der Waals surface area contributed by atoms with Crippen LogP contribution in [-0.2, 0) is 6.54 Å². The fraction of sp³-hybridized carbons (Fsp3) is 0.462. The molecule has 0 saturated carbocycles. The number of ether oxygens (including phenoxy) is 1. The lowest BCUT2D eigenvalue weighted by molar-refractivity contribution is 0.348. The van der Waals surface area contributed by atoms with E-state index in [2.05, 4.69) is 24.1 Å². The summed E-state index contributed by atoms with van der Waals surface area (Å²) in [4.78, 5) is 4.20. The van der Waals surface area contributed by atoms with Crippen LogP contribution in [0.15, 0.2) is 24.4 Å². The molecule has 94 valence electrons. The molecule has 0 aliphatic rings. The Morgan fingerprint density at radius 1 is 1.53 bits per heavy atom. The molecule has 0 saturated heterocycles. The molecule has 0 bridgehead atoms. The van der Waals surface area contributed by atoms with Gasteiger partial charge in [0.1, 0.15) is 11.6 Å². The minimum Gasteiger partial charge on any atom is -0.472 e. The largest absolute Gasteiger partial charge is 0.472 e. The molecule has 0 amide bonds. The highest BCUT2D eigenvalue weighted by molar-refractivity contribution is 6.31. The molecule has 1 N–H and O–H groups in total. The van der Waals surface area contributed by atoms with Crippen molar-refractivity contribution in [3.63, 3.8) is 0 Å². The summed E-state index contributed by atoms with van der Waals surface area (Å²) in [5.74, 6) is 0.484. The van der Waals surface area contributed by atoms with Crippen molar-refractivity contribution < 1.29 is 4.74 Å². The molecule has 0 fully saturated rings. The molecule has 0 radical (unpaired) electrons. The van der Waals surface area contributed by atoms with Gasteiger partial charge in [0.05, 0.1) is 0 Å². The highest BCUT2D eigenvalue weighted by Crippen LogP contribution is 2.22. The molecule has 1 aromatic heterocycles. The van der Waals surface area contributed by atoms with Crippen LogP contribution in [0.3, 0.4) is 0 Å². The molecule has 0 aromatic carbocycles. The Bertz CT molecular complexity index is 378. The Kier molecular flexibility index (Phi) is 6.01. The van der Waals surface area contributed by atoms with Gasteiger partial charge in [-0.2, -0.15) is 0 Å². The number of nitrogens with one attached hydrogen (secondary N) is 1. The fourth-order valence-corrected chi connectivity index (χ4v) is 1.46. The van der Waals surface area contributed by atoms with Crippen LogP contribution >= 0.6 is 11.6 Å². The van der Waals surface area contributed by atoms with E-state index in [1.807, 2.05) is 25.1 Å². The predicted molar refractivity (Wildman–Crippen MR) is 71.5 cm³/mol. The molecule has 0 unspecified atom stereocenters. The van der Waals surface area contributed by atoms with E-state index in [1.165, 1.54) is 0 Å². The molecule has 4 heteroatoms. The van der Waals surface area contributed by atoms with E-state index >= 15 is 0 Å². The standard InChI is InChI=1S/C13H19ClN2O/c1-4-5-6-17-13-12(14)7-11(9-16-13)8-15-10(2)3/h4-5,7,9-10,15H,6,8H2,1-3H3. The molecular formula is C13H19ClN2O. The van der Waals surface area contributed by atoms with Crippen LogP contribution in [-0.4, -0.2) is 17.6 Å². The number of halogens is 1. The van der Waals surface area contributed by atoms with Crippen LogP contribution in [0.25, 0.3) is 0 Å². The SMILES string of the molecule is CC=CCOc1ncc(CNC(C)C)cc1Cl. The zero-order chi connectivity index (χ0) is 12.7. The molecular weight excluding hydrogens is 236 g/mol. The summed E-state index contributed by atoms with van der Waals surface area (Å²) in [7, 11) is 0. The number of rotatable bonds is 6. The molecule has 1 heterocycles. The van der Waals surface area contributed by atoms with E-state index in [0.717, 1.165) is 12.1 Å². The summed E-state index contributed by atoms with van der Waals surface area (Å²) >= 11 is 6.08. The van der Waals surface area contributed by atoms with Crippen molar-refractivity contribution in [1.82, 2.24) is 10.3 Å². The van der Waals surface area contributed by atoms with E-state index in [-0.39, 0.29) is 0 Å². The van der Waals surface area contributed by atoms with Crippen molar-refractivity contribution in [2.45, 2.75) is 33.4 Å². The number of nitrogens with zero attached hydrogens (tertiary/aromatic N) is 1. The van der Waals surface area contributed by atoms with E-state index < -0.39 is 0 Å². The van der Waals surface area contributed by atoms with Gasteiger partial charge in [-0.05, 0) is 18.6 Å². The lowest BCUT2D eigenvalue weighted by Crippen LogP contribution is -2.21. The van der Waals surface area contributed by atoms with Gasteiger partial charge in [0.25, 0.3) is 0 Å². The second-order valence-corrected chi connectivity index (χ2v) is 4.45. The molecule has 1 aromatic rings. The maximum Gasteiger partial charge on any atom is 0.232 e. The van der Waals surface area contributed by atoms with Gasteiger partial charge in [0.15, 0.2) is 0 Å². The smallest absolute Gasteiger partial charge is 0.232 e. The maximum absolute atomic E-state index is 6.08. The summed E-state index contributed by atoms with van der Waals surface area (Å²) in [5.41, 5.74) is 1.06. The number of aromatic nitrogens is 1. The summed E-state index contributed by atoms with van der Waals surface area (Å²) in [6.45, 7) is 7.40. The molecule has 1 rings (SSSR count). The van der Waals surface area contributed by atoms with Gasteiger partial charge in [-0.15, -0.1) is 0 Å². The quantitative estimate of drug-likeness (QED) is 0.792. The first-order chi connectivity index (χ1) is 8.13. The predicted octanol–water partition coefficient (Wildman–Crippen LogP) is 3.19. The number of allylic oxidation sites excluding steroid dienone is 1. The van der Waals surface area contributed by atoms with Crippen molar-refractivity contribution in [3.05, 3.63) is 35.0 Å². The molecule has 3 nitrogen and oxygen atoms in total. The second kappa shape index (κ2) is 7.30. The zero-order valence-electron chi connectivity index (χ0n) is 10.5. The first-order valence-electron chi connectivity index (χ1n) is 5.75. The van der Waals surface area contributed by atoms with Crippen LogP contribution in [0.4, 0.5) is 0 Å². The van der Waals surface area contributed by atoms with Crippen LogP contribution in [0.1, 0.15) is 26.3 Å². The number of hydrogen-bond donors (Lipinski definition) is 1. The third-order valence-corrected chi connectivity index (χ3v) is 2.40.